The second-order valence-corrected chi connectivity index (χ2v) is 6.22. The van der Waals surface area contributed by atoms with E-state index in [0.717, 1.165) is 35.8 Å². The first-order chi connectivity index (χ1) is 9.81. The van der Waals surface area contributed by atoms with Crippen molar-refractivity contribution in [3.05, 3.63) is 17.7 Å². The molecule has 2 aromatic rings. The van der Waals surface area contributed by atoms with Crippen LogP contribution in [0.1, 0.15) is 12.0 Å². The smallest absolute Gasteiger partial charge is 0.184 e. The van der Waals surface area contributed by atoms with E-state index in [2.05, 4.69) is 16.4 Å². The van der Waals surface area contributed by atoms with Crippen molar-refractivity contribution in [2.45, 2.75) is 25.0 Å². The highest BCUT2D eigenvalue weighted by Gasteiger charge is 2.25. The molecule has 2 aliphatic heterocycles. The number of anilines is 1. The first-order valence-corrected chi connectivity index (χ1v) is 7.70. The van der Waals surface area contributed by atoms with Gasteiger partial charge in [0, 0.05) is 18.6 Å². The second kappa shape index (κ2) is 4.87. The van der Waals surface area contributed by atoms with Gasteiger partial charge in [-0.3, -0.25) is 0 Å². The molecule has 1 saturated heterocycles. The topological polar surface area (TPSA) is 63.6 Å². The van der Waals surface area contributed by atoms with E-state index < -0.39 is 6.10 Å². The molecule has 20 heavy (non-hydrogen) atoms. The third kappa shape index (κ3) is 2.04. The normalized spacial score (nSPS) is 25.4. The van der Waals surface area contributed by atoms with Crippen molar-refractivity contribution < 1.29 is 14.6 Å². The predicted octanol–water partition coefficient (Wildman–Crippen LogP) is 1.79. The molecule has 0 unspecified atom stereocenters. The molecule has 0 amide bonds. The molecule has 1 aromatic carbocycles. The molecule has 1 fully saturated rings. The van der Waals surface area contributed by atoms with Crippen LogP contribution < -0.4 is 10.1 Å². The molecule has 106 valence electrons. The van der Waals surface area contributed by atoms with Crippen molar-refractivity contribution in [2.75, 3.05) is 25.1 Å². The highest BCUT2D eigenvalue weighted by atomic mass is 32.1. The van der Waals surface area contributed by atoms with Crippen molar-refractivity contribution in [3.8, 4) is 5.75 Å². The minimum absolute atomic E-state index is 0.0219. The largest absolute Gasteiger partial charge is 0.493 e. The number of aliphatic hydroxyl groups is 1. The van der Waals surface area contributed by atoms with Crippen LogP contribution in [-0.4, -0.2) is 42.1 Å². The number of nitrogens with one attached hydrogen (secondary N) is 1. The number of benzene rings is 1. The summed E-state index contributed by atoms with van der Waals surface area (Å²) in [6.07, 6.45) is 1.26. The maximum atomic E-state index is 9.93. The third-order valence-electron chi connectivity index (χ3n) is 3.87. The summed E-state index contributed by atoms with van der Waals surface area (Å²) in [4.78, 5) is 4.69. The highest BCUT2D eigenvalue weighted by Crippen LogP contribution is 2.36. The van der Waals surface area contributed by atoms with Gasteiger partial charge in [-0.15, -0.1) is 0 Å². The van der Waals surface area contributed by atoms with Gasteiger partial charge in [0.05, 0.1) is 35.6 Å². The van der Waals surface area contributed by atoms with Gasteiger partial charge in [0.2, 0.25) is 0 Å². The average molecular weight is 292 g/mol. The molecule has 6 heteroatoms. The van der Waals surface area contributed by atoms with Gasteiger partial charge < -0.3 is 19.9 Å². The van der Waals surface area contributed by atoms with E-state index in [0.29, 0.717) is 13.2 Å². The maximum Gasteiger partial charge on any atom is 0.184 e. The van der Waals surface area contributed by atoms with Crippen LogP contribution in [0.5, 0.6) is 5.75 Å². The Labute approximate surface area is 120 Å². The molecule has 0 spiro atoms. The summed E-state index contributed by atoms with van der Waals surface area (Å²) in [5.74, 6) is 0.959. The van der Waals surface area contributed by atoms with E-state index in [1.54, 1.807) is 11.3 Å². The summed E-state index contributed by atoms with van der Waals surface area (Å²) >= 11 is 1.63. The van der Waals surface area contributed by atoms with Crippen LogP contribution in [0.4, 0.5) is 5.13 Å². The lowest BCUT2D eigenvalue weighted by molar-refractivity contribution is -0.0134. The van der Waals surface area contributed by atoms with Gasteiger partial charge in [0.15, 0.2) is 5.13 Å². The predicted molar refractivity (Wildman–Crippen MR) is 77.7 cm³/mol. The number of fused-ring (bicyclic) bond motifs is 3. The number of hydrogen-bond donors (Lipinski definition) is 2. The lowest BCUT2D eigenvalue weighted by Gasteiger charge is -2.28. The molecular weight excluding hydrogens is 276 g/mol. The fourth-order valence-electron chi connectivity index (χ4n) is 2.78. The molecule has 2 atom stereocenters. The lowest BCUT2D eigenvalue weighted by atomic mass is 10.1. The molecule has 0 bridgehead atoms. The van der Waals surface area contributed by atoms with Crippen molar-refractivity contribution in [1.29, 1.82) is 0 Å². The van der Waals surface area contributed by atoms with E-state index >= 15 is 0 Å². The fourth-order valence-corrected chi connectivity index (χ4v) is 3.74. The summed E-state index contributed by atoms with van der Waals surface area (Å²) in [6.45, 7) is 1.82. The van der Waals surface area contributed by atoms with Crippen molar-refractivity contribution in [1.82, 2.24) is 4.98 Å². The van der Waals surface area contributed by atoms with Crippen LogP contribution in [0.15, 0.2) is 12.1 Å². The fraction of sp³-hybridized carbons (Fsp3) is 0.500. The number of nitrogens with zero attached hydrogens (tertiary/aromatic N) is 1. The summed E-state index contributed by atoms with van der Waals surface area (Å²) < 4.78 is 12.0. The van der Waals surface area contributed by atoms with E-state index in [1.165, 1.54) is 10.3 Å². The van der Waals surface area contributed by atoms with Gasteiger partial charge in [0.1, 0.15) is 5.75 Å². The first-order valence-electron chi connectivity index (χ1n) is 6.89. The maximum absolute atomic E-state index is 9.93. The van der Waals surface area contributed by atoms with Crippen molar-refractivity contribution >= 4 is 26.7 Å². The Balaban J connectivity index is 1.64. The Morgan fingerprint density at radius 3 is 3.20 bits per heavy atom. The van der Waals surface area contributed by atoms with Crippen molar-refractivity contribution in [2.24, 2.45) is 0 Å². The monoisotopic (exact) mass is 292 g/mol. The molecular formula is C14H16N2O3S. The van der Waals surface area contributed by atoms with Crippen LogP contribution >= 0.6 is 11.3 Å². The van der Waals surface area contributed by atoms with E-state index in [-0.39, 0.29) is 6.04 Å². The van der Waals surface area contributed by atoms with Crippen molar-refractivity contribution in [3.63, 3.8) is 0 Å². The van der Waals surface area contributed by atoms with Crippen LogP contribution in [0.25, 0.3) is 10.2 Å². The Morgan fingerprint density at radius 1 is 1.35 bits per heavy atom. The number of aromatic nitrogens is 1. The van der Waals surface area contributed by atoms with E-state index in [4.69, 9.17) is 9.47 Å². The molecule has 5 nitrogen and oxygen atoms in total. The second-order valence-electron chi connectivity index (χ2n) is 5.19. The van der Waals surface area contributed by atoms with Crippen LogP contribution in [-0.2, 0) is 11.2 Å². The molecule has 4 rings (SSSR count). The standard InChI is InChI=1S/C14H16N2O3S/c17-10-7-18-5-4-9(10)15-14-16-13-8-3-6-19-11(8)1-2-12(13)20-14/h1-2,9-10,17H,3-7H2,(H,15,16)/t9-,10+/m1/s1. The quantitative estimate of drug-likeness (QED) is 0.883. The molecule has 3 heterocycles. The van der Waals surface area contributed by atoms with Gasteiger partial charge in [-0.05, 0) is 18.6 Å². The number of ether oxygens (including phenoxy) is 2. The van der Waals surface area contributed by atoms with Gasteiger partial charge in [0.25, 0.3) is 0 Å². The van der Waals surface area contributed by atoms with Gasteiger partial charge in [-0.1, -0.05) is 11.3 Å². The number of aliphatic hydroxyl groups excluding tert-OH is 1. The summed E-state index contributed by atoms with van der Waals surface area (Å²) in [5.41, 5.74) is 2.24. The van der Waals surface area contributed by atoms with Gasteiger partial charge >= 0.3 is 0 Å². The number of thiazole rings is 1. The summed E-state index contributed by atoms with van der Waals surface area (Å²) in [5, 5.41) is 14.1. The van der Waals surface area contributed by atoms with E-state index in [1.807, 2.05) is 6.07 Å². The Bertz CT molecular complexity index is 643. The zero-order valence-corrected chi connectivity index (χ0v) is 11.8. The number of hydrogen-bond acceptors (Lipinski definition) is 6. The van der Waals surface area contributed by atoms with Crippen LogP contribution in [0, 0.1) is 0 Å². The molecule has 0 radical (unpaired) electrons. The van der Waals surface area contributed by atoms with Gasteiger partial charge in [-0.25, -0.2) is 4.98 Å². The highest BCUT2D eigenvalue weighted by molar-refractivity contribution is 7.22. The molecule has 0 aliphatic carbocycles. The summed E-state index contributed by atoms with van der Waals surface area (Å²) in [7, 11) is 0. The Morgan fingerprint density at radius 2 is 2.30 bits per heavy atom. The van der Waals surface area contributed by atoms with Gasteiger partial charge in [-0.2, -0.15) is 0 Å². The number of rotatable bonds is 2. The summed E-state index contributed by atoms with van der Waals surface area (Å²) in [6, 6.07) is 4.10. The minimum Gasteiger partial charge on any atom is -0.493 e. The minimum atomic E-state index is -0.468. The lowest BCUT2D eigenvalue weighted by Crippen LogP contribution is -2.41. The third-order valence-corrected chi connectivity index (χ3v) is 4.82. The first kappa shape index (κ1) is 12.4. The molecule has 1 aromatic heterocycles. The molecule has 0 saturated carbocycles. The average Bonchev–Trinajstić information content (AvgIpc) is 3.06. The SMILES string of the molecule is O[C@H]1COCC[C@H]1Nc1nc2c3c(ccc2s1)OCC3. The molecule has 2 N–H and O–H groups in total. The van der Waals surface area contributed by atoms with Crippen LogP contribution in [0.3, 0.4) is 0 Å². The molecule has 2 aliphatic rings. The Kier molecular flexibility index (Phi) is 3.02. The van der Waals surface area contributed by atoms with Crippen LogP contribution in [0.2, 0.25) is 0 Å². The Hall–Kier alpha value is -1.37. The van der Waals surface area contributed by atoms with E-state index in [9.17, 15) is 5.11 Å². The zero-order chi connectivity index (χ0) is 13.5. The zero-order valence-electron chi connectivity index (χ0n) is 11.0.